The second-order valence-corrected chi connectivity index (χ2v) is 7.30. The van der Waals surface area contributed by atoms with E-state index in [0.717, 1.165) is 6.42 Å². The standard InChI is InChI=1S/C23H37O3/c1-2-3-4-5-6-7-8-9-10-11-12-13-14-16-21-17-15-18-22(19-21)26-20-23(24)25/h15,17-19H,2-14,16,20H2,1H3. The van der Waals surface area contributed by atoms with Gasteiger partial charge in [-0.1, -0.05) is 96.1 Å². The molecule has 0 saturated heterocycles. The van der Waals surface area contributed by atoms with Gasteiger partial charge in [-0.3, -0.25) is 0 Å². The van der Waals surface area contributed by atoms with Crippen LogP contribution in [-0.2, 0) is 16.3 Å². The van der Waals surface area contributed by atoms with Crippen LogP contribution in [0.4, 0.5) is 0 Å². The topological polar surface area (TPSA) is 46.2 Å². The second-order valence-electron chi connectivity index (χ2n) is 7.30. The van der Waals surface area contributed by atoms with Crippen LogP contribution in [0.15, 0.2) is 24.3 Å². The highest BCUT2D eigenvalue weighted by molar-refractivity contribution is 5.68. The van der Waals surface area contributed by atoms with E-state index in [2.05, 4.69) is 13.0 Å². The Kier molecular flexibility index (Phi) is 13.6. The van der Waals surface area contributed by atoms with Gasteiger partial charge in [0.15, 0.2) is 6.61 Å². The van der Waals surface area contributed by atoms with Crippen molar-refractivity contribution < 1.29 is 14.6 Å². The first-order chi connectivity index (χ1) is 12.7. The molecular weight excluding hydrogens is 324 g/mol. The lowest BCUT2D eigenvalue weighted by molar-refractivity contribution is -0.145. The van der Waals surface area contributed by atoms with Crippen LogP contribution in [0, 0.1) is 0 Å². The van der Waals surface area contributed by atoms with Gasteiger partial charge in [0, 0.05) is 0 Å². The van der Waals surface area contributed by atoms with Crippen LogP contribution < -0.4 is 4.74 Å². The van der Waals surface area contributed by atoms with Crippen molar-refractivity contribution in [3.8, 4) is 5.75 Å². The lowest BCUT2D eigenvalue weighted by atomic mass is 10.0. The maximum atomic E-state index is 10.4. The second kappa shape index (κ2) is 15.7. The molecule has 3 heteroatoms. The van der Waals surface area contributed by atoms with Crippen LogP contribution in [0.2, 0.25) is 0 Å². The highest BCUT2D eigenvalue weighted by Gasteiger charge is 2.02. The molecule has 26 heavy (non-hydrogen) atoms. The van der Waals surface area contributed by atoms with Crippen molar-refractivity contribution in [1.82, 2.24) is 0 Å². The quantitative estimate of drug-likeness (QED) is 0.291. The number of aryl methyl sites for hydroxylation is 1. The molecule has 0 spiro atoms. The van der Waals surface area contributed by atoms with Crippen molar-refractivity contribution in [2.24, 2.45) is 0 Å². The zero-order valence-corrected chi connectivity index (χ0v) is 16.6. The van der Waals surface area contributed by atoms with Crippen molar-refractivity contribution in [3.63, 3.8) is 0 Å². The van der Waals surface area contributed by atoms with Crippen molar-refractivity contribution in [2.75, 3.05) is 6.61 Å². The SMILES string of the molecule is CCCCCCCCCCCCCCCc1cccc(OCC([O])=O)c1. The van der Waals surface area contributed by atoms with Crippen LogP contribution in [-0.4, -0.2) is 12.6 Å². The van der Waals surface area contributed by atoms with E-state index >= 15 is 0 Å². The van der Waals surface area contributed by atoms with E-state index in [4.69, 9.17) is 4.74 Å². The summed E-state index contributed by atoms with van der Waals surface area (Å²) < 4.78 is 5.16. The highest BCUT2D eigenvalue weighted by Crippen LogP contribution is 2.17. The van der Waals surface area contributed by atoms with Gasteiger partial charge in [0.05, 0.1) is 0 Å². The predicted molar refractivity (Wildman–Crippen MR) is 107 cm³/mol. The van der Waals surface area contributed by atoms with Crippen molar-refractivity contribution >= 4 is 5.97 Å². The fourth-order valence-corrected chi connectivity index (χ4v) is 3.28. The minimum atomic E-state index is -1.19. The number of carbonyl (C=O) groups is 1. The Bertz CT molecular complexity index is 470. The molecule has 0 aliphatic rings. The molecule has 0 amide bonds. The maximum absolute atomic E-state index is 10.4. The zero-order chi connectivity index (χ0) is 18.9. The summed E-state index contributed by atoms with van der Waals surface area (Å²) in [4.78, 5) is 10.4. The molecule has 0 aliphatic carbocycles. The minimum Gasteiger partial charge on any atom is -0.482 e. The number of benzene rings is 1. The summed E-state index contributed by atoms with van der Waals surface area (Å²) in [6.45, 7) is 1.88. The molecule has 0 saturated carbocycles. The van der Waals surface area contributed by atoms with Gasteiger partial charge in [0.1, 0.15) is 5.75 Å². The largest absolute Gasteiger partial charge is 0.482 e. The van der Waals surface area contributed by atoms with Gasteiger partial charge in [0.25, 0.3) is 0 Å². The van der Waals surface area contributed by atoms with Gasteiger partial charge in [-0.2, -0.15) is 0 Å². The molecule has 1 aromatic carbocycles. The third-order valence-corrected chi connectivity index (χ3v) is 4.82. The summed E-state index contributed by atoms with van der Waals surface area (Å²) >= 11 is 0. The number of ether oxygens (including phenoxy) is 1. The molecule has 0 N–H and O–H groups in total. The van der Waals surface area contributed by atoms with Gasteiger partial charge in [0.2, 0.25) is 0 Å². The Labute approximate surface area is 160 Å². The van der Waals surface area contributed by atoms with Crippen LogP contribution in [0.25, 0.3) is 0 Å². The molecule has 0 heterocycles. The Balaban J connectivity index is 1.94. The Morgan fingerprint density at radius 2 is 1.35 bits per heavy atom. The van der Waals surface area contributed by atoms with Gasteiger partial charge >= 0.3 is 5.97 Å². The number of hydrogen-bond donors (Lipinski definition) is 0. The Morgan fingerprint density at radius 1 is 0.808 bits per heavy atom. The Hall–Kier alpha value is -1.51. The van der Waals surface area contributed by atoms with Crippen LogP contribution >= 0.6 is 0 Å². The molecule has 1 aromatic rings. The van der Waals surface area contributed by atoms with Crippen molar-refractivity contribution in [1.29, 1.82) is 0 Å². The first kappa shape index (κ1) is 22.5. The van der Waals surface area contributed by atoms with E-state index in [-0.39, 0.29) is 6.61 Å². The van der Waals surface area contributed by atoms with E-state index in [1.807, 2.05) is 12.1 Å². The molecule has 1 rings (SSSR count). The molecule has 147 valence electrons. The average molecular weight is 362 g/mol. The van der Waals surface area contributed by atoms with Crippen molar-refractivity contribution in [3.05, 3.63) is 29.8 Å². The van der Waals surface area contributed by atoms with Crippen LogP contribution in [0.3, 0.4) is 0 Å². The lowest BCUT2D eigenvalue weighted by Gasteiger charge is -2.06. The smallest absolute Gasteiger partial charge is 0.392 e. The number of hydrogen-bond acceptors (Lipinski definition) is 2. The normalized spacial score (nSPS) is 10.8. The zero-order valence-electron chi connectivity index (χ0n) is 16.6. The molecule has 0 unspecified atom stereocenters. The number of rotatable bonds is 17. The molecule has 1 radical (unpaired) electrons. The van der Waals surface area contributed by atoms with E-state index in [9.17, 15) is 9.90 Å². The maximum Gasteiger partial charge on any atom is 0.392 e. The molecule has 0 atom stereocenters. The highest BCUT2D eigenvalue weighted by atomic mass is 16.5. The summed E-state index contributed by atoms with van der Waals surface area (Å²) in [6, 6.07) is 7.72. The fourth-order valence-electron chi connectivity index (χ4n) is 3.28. The third kappa shape index (κ3) is 12.8. The summed E-state index contributed by atoms with van der Waals surface area (Å²) in [5, 5.41) is 10.4. The summed E-state index contributed by atoms with van der Waals surface area (Å²) in [6.07, 6.45) is 18.7. The summed E-state index contributed by atoms with van der Waals surface area (Å²) in [5.74, 6) is -0.576. The molecule has 0 aromatic heterocycles. The van der Waals surface area contributed by atoms with Gasteiger partial charge < -0.3 is 4.74 Å². The molecule has 3 nitrogen and oxygen atoms in total. The first-order valence-electron chi connectivity index (χ1n) is 10.6. The predicted octanol–water partition coefficient (Wildman–Crippen LogP) is 6.66. The van der Waals surface area contributed by atoms with Gasteiger partial charge in [-0.05, 0) is 30.5 Å². The average Bonchev–Trinajstić information content (AvgIpc) is 2.64. The molecular formula is C23H37O3. The van der Waals surface area contributed by atoms with E-state index in [0.29, 0.717) is 5.75 Å². The Morgan fingerprint density at radius 3 is 1.88 bits per heavy atom. The van der Waals surface area contributed by atoms with E-state index < -0.39 is 5.97 Å². The third-order valence-electron chi connectivity index (χ3n) is 4.82. The van der Waals surface area contributed by atoms with Crippen molar-refractivity contribution in [2.45, 2.75) is 96.8 Å². The molecule has 0 bridgehead atoms. The first-order valence-corrected chi connectivity index (χ1v) is 10.6. The number of unbranched alkanes of at least 4 members (excludes halogenated alkanes) is 12. The van der Waals surface area contributed by atoms with Gasteiger partial charge in [-0.25, -0.2) is 9.90 Å². The molecule has 0 aliphatic heterocycles. The monoisotopic (exact) mass is 361 g/mol. The van der Waals surface area contributed by atoms with Gasteiger partial charge in [-0.15, -0.1) is 0 Å². The summed E-state index contributed by atoms with van der Waals surface area (Å²) in [5.41, 5.74) is 1.21. The number of carbonyl (C=O) groups excluding carboxylic acids is 1. The van der Waals surface area contributed by atoms with Crippen LogP contribution in [0.5, 0.6) is 5.75 Å². The summed E-state index contributed by atoms with van der Waals surface area (Å²) in [7, 11) is 0. The fraction of sp³-hybridized carbons (Fsp3) is 0.696. The molecule has 0 fully saturated rings. The minimum absolute atomic E-state index is 0.387. The van der Waals surface area contributed by atoms with Crippen LogP contribution in [0.1, 0.15) is 96.0 Å². The lowest BCUT2D eigenvalue weighted by Crippen LogP contribution is -2.08. The van der Waals surface area contributed by atoms with E-state index in [1.54, 1.807) is 6.07 Å². The van der Waals surface area contributed by atoms with E-state index in [1.165, 1.54) is 89.0 Å².